The van der Waals surface area contributed by atoms with Crippen molar-refractivity contribution in [3.8, 4) is 0 Å². The Balaban J connectivity index is 1.18. The summed E-state index contributed by atoms with van der Waals surface area (Å²) in [4.78, 5) is 44.3. The van der Waals surface area contributed by atoms with Crippen LogP contribution < -0.4 is 5.32 Å². The van der Waals surface area contributed by atoms with Crippen LogP contribution in [0, 0.1) is 11.7 Å². The van der Waals surface area contributed by atoms with Crippen LogP contribution in [0.1, 0.15) is 114 Å². The molecule has 1 heterocycles. The third kappa shape index (κ3) is 12.2. The molecule has 0 aromatic heterocycles. The summed E-state index contributed by atoms with van der Waals surface area (Å²) in [7, 11) is 1.90. The number of rotatable bonds is 20. The molecule has 0 bridgehead atoms. The Hall–Kier alpha value is -3.78. The van der Waals surface area contributed by atoms with E-state index in [1.165, 1.54) is 34.0 Å². The Morgan fingerprint density at radius 2 is 1.57 bits per heavy atom. The summed E-state index contributed by atoms with van der Waals surface area (Å²) in [6, 6.07) is 19.9. The zero-order valence-electron chi connectivity index (χ0n) is 31.6. The molecule has 51 heavy (non-hydrogen) atoms. The molecule has 1 fully saturated rings. The molecule has 0 saturated carbocycles. The minimum atomic E-state index is -0.284. The number of amides is 3. The summed E-state index contributed by atoms with van der Waals surface area (Å²) in [5.74, 6) is 0.134. The number of carbonyl (C=O) groups excluding carboxylic acids is 3. The average Bonchev–Trinajstić information content (AvgIpc) is 3.15. The van der Waals surface area contributed by atoms with E-state index in [2.05, 4.69) is 60.5 Å². The van der Waals surface area contributed by atoms with Gasteiger partial charge in [0, 0.05) is 58.0 Å². The van der Waals surface area contributed by atoms with E-state index in [0.717, 1.165) is 102 Å². The van der Waals surface area contributed by atoms with Crippen molar-refractivity contribution in [2.75, 3.05) is 39.8 Å². The van der Waals surface area contributed by atoms with E-state index in [1.54, 1.807) is 6.07 Å². The smallest absolute Gasteiger partial charge is 0.223 e. The number of unbranched alkanes of at least 4 members (excludes halogenated alkanes) is 4. The summed E-state index contributed by atoms with van der Waals surface area (Å²) >= 11 is 0. The molecule has 278 valence electrons. The third-order valence-corrected chi connectivity index (χ3v) is 10.7. The monoisotopic (exact) mass is 700 g/mol. The van der Waals surface area contributed by atoms with E-state index in [4.69, 9.17) is 0 Å². The van der Waals surface area contributed by atoms with Gasteiger partial charge < -0.3 is 15.1 Å². The van der Waals surface area contributed by atoms with E-state index >= 15 is 0 Å². The van der Waals surface area contributed by atoms with Crippen molar-refractivity contribution in [2.45, 2.75) is 110 Å². The van der Waals surface area contributed by atoms with Crippen LogP contribution >= 0.6 is 0 Å². The largest absolute Gasteiger partial charge is 0.352 e. The highest BCUT2D eigenvalue weighted by atomic mass is 19.1. The normalized spacial score (nSPS) is 14.4. The molecule has 1 aliphatic heterocycles. The van der Waals surface area contributed by atoms with Crippen LogP contribution in [0.3, 0.4) is 0 Å². The molecule has 3 aromatic rings. The van der Waals surface area contributed by atoms with E-state index in [9.17, 15) is 18.8 Å². The van der Waals surface area contributed by atoms with Crippen molar-refractivity contribution in [1.82, 2.24) is 20.0 Å². The minimum absolute atomic E-state index is 0.0202. The first kappa shape index (κ1) is 40.0. The molecule has 0 radical (unpaired) electrons. The quantitative estimate of drug-likeness (QED) is 0.120. The minimum Gasteiger partial charge on any atom is -0.352 e. The van der Waals surface area contributed by atoms with Gasteiger partial charge in [-0.15, -0.1) is 0 Å². The van der Waals surface area contributed by atoms with Crippen molar-refractivity contribution in [3.63, 3.8) is 0 Å². The maximum absolute atomic E-state index is 13.5. The number of fused-ring (bicyclic) bond motifs is 1. The lowest BCUT2D eigenvalue weighted by molar-refractivity contribution is -0.132. The van der Waals surface area contributed by atoms with Crippen molar-refractivity contribution in [1.29, 1.82) is 0 Å². The SMILES string of the molecule is CCCCN(CC)C(=O)CCCCC(=O)N(C)CCCCCc1ccc(C(C)N2CCC(C(=O)NCc3cccc(F)c3)CC2)c2ccccc12. The van der Waals surface area contributed by atoms with Gasteiger partial charge in [0.05, 0.1) is 0 Å². The van der Waals surface area contributed by atoms with Crippen molar-refractivity contribution >= 4 is 28.5 Å². The number of nitrogens with zero attached hydrogens (tertiary/aromatic N) is 3. The van der Waals surface area contributed by atoms with Gasteiger partial charge >= 0.3 is 0 Å². The highest BCUT2D eigenvalue weighted by molar-refractivity contribution is 5.89. The fraction of sp³-hybridized carbons (Fsp3) is 0.558. The molecule has 0 spiro atoms. The highest BCUT2D eigenvalue weighted by Crippen LogP contribution is 2.33. The van der Waals surface area contributed by atoms with Gasteiger partial charge in [-0.3, -0.25) is 19.3 Å². The number of likely N-dealkylation sites (tertiary alicyclic amines) is 1. The predicted molar refractivity (Wildman–Crippen MR) is 206 cm³/mol. The first-order valence-electron chi connectivity index (χ1n) is 19.5. The number of piperidine rings is 1. The highest BCUT2D eigenvalue weighted by Gasteiger charge is 2.28. The Labute approximate surface area is 305 Å². The molecule has 0 aliphatic carbocycles. The number of hydrogen-bond donors (Lipinski definition) is 1. The number of hydrogen-bond acceptors (Lipinski definition) is 4. The van der Waals surface area contributed by atoms with E-state index < -0.39 is 0 Å². The molecule has 8 heteroatoms. The first-order valence-corrected chi connectivity index (χ1v) is 19.5. The number of carbonyl (C=O) groups is 3. The van der Waals surface area contributed by atoms with Gasteiger partial charge in [0.2, 0.25) is 17.7 Å². The van der Waals surface area contributed by atoms with Crippen molar-refractivity contribution in [3.05, 3.63) is 83.2 Å². The summed E-state index contributed by atoms with van der Waals surface area (Å²) < 4.78 is 13.5. The Bertz CT molecular complexity index is 1550. The zero-order chi connectivity index (χ0) is 36.6. The third-order valence-electron chi connectivity index (χ3n) is 10.7. The van der Waals surface area contributed by atoms with Crippen LogP contribution in [0.2, 0.25) is 0 Å². The predicted octanol–water partition coefficient (Wildman–Crippen LogP) is 8.45. The van der Waals surface area contributed by atoms with E-state index in [0.29, 0.717) is 19.4 Å². The Kier molecular flexibility index (Phi) is 16.4. The van der Waals surface area contributed by atoms with Crippen LogP contribution in [0.15, 0.2) is 60.7 Å². The number of nitrogens with one attached hydrogen (secondary N) is 1. The van der Waals surface area contributed by atoms with Crippen molar-refractivity contribution < 1.29 is 18.8 Å². The summed E-state index contributed by atoms with van der Waals surface area (Å²) in [6.45, 7) is 10.9. The molecule has 1 unspecified atom stereocenters. The molecule has 4 rings (SSSR count). The van der Waals surface area contributed by atoms with Gasteiger partial charge in [0.15, 0.2) is 0 Å². The fourth-order valence-corrected chi connectivity index (χ4v) is 7.37. The maximum Gasteiger partial charge on any atom is 0.223 e. The molecule has 3 amide bonds. The number of halogens is 1. The summed E-state index contributed by atoms with van der Waals surface area (Å²) in [6.07, 6.45) is 10.4. The van der Waals surface area contributed by atoms with E-state index in [1.807, 2.05) is 29.8 Å². The van der Waals surface area contributed by atoms with Gasteiger partial charge in [-0.25, -0.2) is 4.39 Å². The average molecular weight is 701 g/mol. The van der Waals surface area contributed by atoms with Crippen LogP contribution in [0.4, 0.5) is 4.39 Å². The topological polar surface area (TPSA) is 73.0 Å². The molecular formula is C43H61FN4O3. The lowest BCUT2D eigenvalue weighted by atomic mass is 9.90. The molecular weight excluding hydrogens is 639 g/mol. The zero-order valence-corrected chi connectivity index (χ0v) is 31.6. The second-order valence-electron chi connectivity index (χ2n) is 14.4. The van der Waals surface area contributed by atoms with Gasteiger partial charge in [0.25, 0.3) is 0 Å². The molecule has 3 aromatic carbocycles. The first-order chi connectivity index (χ1) is 24.7. The number of benzene rings is 3. The molecule has 1 saturated heterocycles. The second kappa shape index (κ2) is 20.9. The molecule has 7 nitrogen and oxygen atoms in total. The van der Waals surface area contributed by atoms with Gasteiger partial charge in [-0.1, -0.05) is 68.3 Å². The van der Waals surface area contributed by atoms with Gasteiger partial charge in [0.1, 0.15) is 5.82 Å². The Morgan fingerprint density at radius 3 is 2.27 bits per heavy atom. The standard InChI is InChI=1S/C43H61FN4O3/c1-5-7-28-47(6-2)42(50)22-13-12-21-41(49)46(4)27-14-8-9-17-35-23-24-38(40-20-11-10-19-39(35)40)33(3)48-29-25-36(26-30-48)43(51)45-32-34-16-15-18-37(44)31-34/h10-11,15-16,18-20,23-24,31,33,36H,5-9,12-14,17,21-22,25-30,32H2,1-4H3,(H,45,51). The molecule has 1 atom stereocenters. The second-order valence-corrected chi connectivity index (χ2v) is 14.4. The van der Waals surface area contributed by atoms with Crippen molar-refractivity contribution in [2.24, 2.45) is 5.92 Å². The Morgan fingerprint density at radius 1 is 0.843 bits per heavy atom. The molecule has 1 N–H and O–H groups in total. The van der Waals surface area contributed by atoms with E-state index in [-0.39, 0.29) is 35.5 Å². The lowest BCUT2D eigenvalue weighted by Gasteiger charge is -2.36. The van der Waals surface area contributed by atoms with Crippen LogP contribution in [-0.4, -0.2) is 72.2 Å². The summed E-state index contributed by atoms with van der Waals surface area (Å²) in [5, 5.41) is 5.62. The van der Waals surface area contributed by atoms with Crippen LogP contribution in [-0.2, 0) is 27.3 Å². The lowest BCUT2D eigenvalue weighted by Crippen LogP contribution is -2.41. The van der Waals surface area contributed by atoms with Gasteiger partial charge in [-0.05, 0) is 118 Å². The van der Waals surface area contributed by atoms with Crippen LogP contribution in [0.5, 0.6) is 0 Å². The van der Waals surface area contributed by atoms with Crippen LogP contribution in [0.25, 0.3) is 10.8 Å². The summed E-state index contributed by atoms with van der Waals surface area (Å²) in [5.41, 5.74) is 3.47. The van der Waals surface area contributed by atoms with Gasteiger partial charge in [-0.2, -0.15) is 0 Å². The maximum atomic E-state index is 13.5. The fourth-order valence-electron chi connectivity index (χ4n) is 7.37. The number of aryl methyl sites for hydroxylation is 1. The molecule has 1 aliphatic rings.